The molecule has 7 heteroatoms. The highest BCUT2D eigenvalue weighted by molar-refractivity contribution is 6.07. The van der Waals surface area contributed by atoms with Gasteiger partial charge in [-0.2, -0.15) is 0 Å². The second kappa shape index (κ2) is 7.75. The Morgan fingerprint density at radius 2 is 2.00 bits per heavy atom. The van der Waals surface area contributed by atoms with E-state index >= 15 is 0 Å². The van der Waals surface area contributed by atoms with Crippen molar-refractivity contribution >= 4 is 22.6 Å². The van der Waals surface area contributed by atoms with Crippen LogP contribution < -0.4 is 16.0 Å². The molecule has 3 N–H and O–H groups in total. The van der Waals surface area contributed by atoms with Gasteiger partial charge in [-0.25, -0.2) is 14.4 Å². The quantitative estimate of drug-likeness (QED) is 0.671. The Labute approximate surface area is 168 Å². The Morgan fingerprint density at radius 3 is 2.59 bits per heavy atom. The summed E-state index contributed by atoms with van der Waals surface area (Å²) >= 11 is 0. The number of halogens is 1. The molecule has 1 aliphatic rings. The maximum atomic E-state index is 13.4. The van der Waals surface area contributed by atoms with Crippen LogP contribution in [-0.2, 0) is 6.42 Å². The molecule has 3 aromatic rings. The largest absolute Gasteiger partial charge is 0.366 e. The lowest BCUT2D eigenvalue weighted by molar-refractivity contribution is 0.100. The van der Waals surface area contributed by atoms with Crippen LogP contribution in [0.25, 0.3) is 10.9 Å². The van der Waals surface area contributed by atoms with Crippen LogP contribution in [0, 0.1) is 5.82 Å². The fourth-order valence-electron chi connectivity index (χ4n) is 3.75. The molecule has 4 rings (SSSR count). The number of benzene rings is 2. The molecule has 1 aliphatic heterocycles. The van der Waals surface area contributed by atoms with E-state index in [0.29, 0.717) is 23.3 Å². The summed E-state index contributed by atoms with van der Waals surface area (Å²) < 4.78 is 13.4. The van der Waals surface area contributed by atoms with Crippen LogP contribution in [0.3, 0.4) is 0 Å². The van der Waals surface area contributed by atoms with Crippen molar-refractivity contribution in [1.29, 1.82) is 0 Å². The Kier molecular flexibility index (Phi) is 5.15. The summed E-state index contributed by atoms with van der Waals surface area (Å²) in [5, 5.41) is 4.22. The van der Waals surface area contributed by atoms with Gasteiger partial charge >= 0.3 is 0 Å². The van der Waals surface area contributed by atoms with Crippen LogP contribution in [0.4, 0.5) is 10.2 Å². The molecule has 0 aliphatic carbocycles. The SMILES string of the molecule is CCc1nc(N(C2CCN2)[C@@H](C)c2ccc(F)cc2)c2cccc(C(N)=O)c2n1. The predicted molar refractivity (Wildman–Crippen MR) is 111 cm³/mol. The van der Waals surface area contributed by atoms with Gasteiger partial charge in [-0.05, 0) is 43.2 Å². The highest BCUT2D eigenvalue weighted by Crippen LogP contribution is 2.35. The van der Waals surface area contributed by atoms with Gasteiger partial charge in [0.2, 0.25) is 0 Å². The number of aryl methyl sites for hydroxylation is 1. The number of aromatic nitrogens is 2. The normalized spacial score (nSPS) is 17.0. The summed E-state index contributed by atoms with van der Waals surface area (Å²) in [6.07, 6.45) is 1.69. The predicted octanol–water partition coefficient (Wildman–Crippen LogP) is 3.32. The monoisotopic (exact) mass is 393 g/mol. The van der Waals surface area contributed by atoms with E-state index in [9.17, 15) is 9.18 Å². The van der Waals surface area contributed by atoms with Gasteiger partial charge in [-0.15, -0.1) is 0 Å². The zero-order chi connectivity index (χ0) is 20.5. The second-order valence-electron chi connectivity index (χ2n) is 7.28. The molecular formula is C22H24FN5O. The Balaban J connectivity index is 1.91. The van der Waals surface area contributed by atoms with E-state index in [1.165, 1.54) is 12.1 Å². The van der Waals surface area contributed by atoms with Crippen molar-refractivity contribution in [2.45, 2.75) is 38.9 Å². The zero-order valence-corrected chi connectivity index (χ0v) is 16.5. The fourth-order valence-corrected chi connectivity index (χ4v) is 3.75. The molecule has 2 atom stereocenters. The Hall–Kier alpha value is -3.06. The van der Waals surface area contributed by atoms with Crippen molar-refractivity contribution in [1.82, 2.24) is 15.3 Å². The Bertz CT molecular complexity index is 1050. The number of carbonyl (C=O) groups is 1. The van der Waals surface area contributed by atoms with E-state index < -0.39 is 5.91 Å². The van der Waals surface area contributed by atoms with E-state index in [4.69, 9.17) is 10.7 Å². The van der Waals surface area contributed by atoms with Gasteiger partial charge in [0.05, 0.1) is 23.3 Å². The number of fused-ring (bicyclic) bond motifs is 1. The third-order valence-electron chi connectivity index (χ3n) is 5.48. The molecule has 2 aromatic carbocycles. The zero-order valence-electron chi connectivity index (χ0n) is 16.5. The first-order valence-corrected chi connectivity index (χ1v) is 9.86. The minimum Gasteiger partial charge on any atom is -0.366 e. The number of primary amides is 1. The summed E-state index contributed by atoms with van der Waals surface area (Å²) in [6, 6.07) is 11.9. The first-order chi connectivity index (χ1) is 14.0. The molecule has 0 bridgehead atoms. The third-order valence-corrected chi connectivity index (χ3v) is 5.48. The molecular weight excluding hydrogens is 369 g/mol. The second-order valence-corrected chi connectivity index (χ2v) is 7.28. The summed E-state index contributed by atoms with van der Waals surface area (Å²) in [5.41, 5.74) is 7.53. The molecule has 0 saturated carbocycles. The molecule has 1 aromatic heterocycles. The number of anilines is 1. The molecule has 2 heterocycles. The standard InChI is InChI=1S/C22H24FN5O/c1-3-18-26-20-16(21(24)29)5-4-6-17(20)22(27-18)28(19-11-12-25-19)13(2)14-7-9-15(23)10-8-14/h4-10,13,19,25H,3,11-12H2,1-2H3,(H2,24,29)/t13-,19?/m0/s1. The summed E-state index contributed by atoms with van der Waals surface area (Å²) in [6.45, 7) is 4.98. The number of nitrogens with one attached hydrogen (secondary N) is 1. The van der Waals surface area contributed by atoms with Crippen molar-refractivity contribution in [3.63, 3.8) is 0 Å². The number of para-hydroxylation sites is 1. The van der Waals surface area contributed by atoms with Crippen LogP contribution in [-0.4, -0.2) is 28.6 Å². The molecule has 1 saturated heterocycles. The maximum absolute atomic E-state index is 13.4. The molecule has 1 fully saturated rings. The molecule has 1 unspecified atom stereocenters. The molecule has 0 spiro atoms. The number of amides is 1. The molecule has 6 nitrogen and oxygen atoms in total. The minimum absolute atomic E-state index is 0.0616. The van der Waals surface area contributed by atoms with Gasteiger partial charge < -0.3 is 10.6 Å². The highest BCUT2D eigenvalue weighted by Gasteiger charge is 2.32. The smallest absolute Gasteiger partial charge is 0.250 e. The van der Waals surface area contributed by atoms with E-state index in [2.05, 4.69) is 22.1 Å². The first kappa shape index (κ1) is 19.3. The van der Waals surface area contributed by atoms with Gasteiger partial charge in [0, 0.05) is 18.4 Å². The van der Waals surface area contributed by atoms with Crippen LogP contribution in [0.5, 0.6) is 0 Å². The molecule has 1 amide bonds. The van der Waals surface area contributed by atoms with Gasteiger partial charge in [-0.1, -0.05) is 25.1 Å². The molecule has 0 radical (unpaired) electrons. The van der Waals surface area contributed by atoms with E-state index in [0.717, 1.165) is 29.7 Å². The van der Waals surface area contributed by atoms with Crippen molar-refractivity contribution in [3.8, 4) is 0 Å². The first-order valence-electron chi connectivity index (χ1n) is 9.86. The number of nitrogens with two attached hydrogens (primary N) is 1. The number of rotatable bonds is 6. The maximum Gasteiger partial charge on any atom is 0.250 e. The van der Waals surface area contributed by atoms with Gasteiger partial charge in [0.15, 0.2) is 0 Å². The van der Waals surface area contributed by atoms with E-state index in [1.807, 2.05) is 13.0 Å². The van der Waals surface area contributed by atoms with Gasteiger partial charge in [0.25, 0.3) is 5.91 Å². The lowest BCUT2D eigenvalue weighted by Crippen LogP contribution is -2.56. The number of nitrogens with zero attached hydrogens (tertiary/aromatic N) is 3. The molecule has 29 heavy (non-hydrogen) atoms. The molecule has 150 valence electrons. The fraction of sp³-hybridized carbons (Fsp3) is 0.318. The van der Waals surface area contributed by atoms with Crippen molar-refractivity contribution < 1.29 is 9.18 Å². The van der Waals surface area contributed by atoms with Crippen molar-refractivity contribution in [2.75, 3.05) is 11.4 Å². The lowest BCUT2D eigenvalue weighted by atomic mass is 10.0. The summed E-state index contributed by atoms with van der Waals surface area (Å²) in [5.74, 6) is 0.629. The van der Waals surface area contributed by atoms with Crippen LogP contribution in [0.2, 0.25) is 0 Å². The third kappa shape index (κ3) is 3.53. The van der Waals surface area contributed by atoms with Gasteiger partial charge in [-0.3, -0.25) is 10.1 Å². The van der Waals surface area contributed by atoms with Crippen molar-refractivity contribution in [2.24, 2.45) is 5.73 Å². The number of carbonyl (C=O) groups excluding carboxylic acids is 1. The van der Waals surface area contributed by atoms with Gasteiger partial charge in [0.1, 0.15) is 17.5 Å². The average molecular weight is 393 g/mol. The topological polar surface area (TPSA) is 84.1 Å². The number of hydrogen-bond donors (Lipinski definition) is 2. The highest BCUT2D eigenvalue weighted by atomic mass is 19.1. The van der Waals surface area contributed by atoms with E-state index in [-0.39, 0.29) is 18.0 Å². The Morgan fingerprint density at radius 1 is 1.28 bits per heavy atom. The summed E-state index contributed by atoms with van der Waals surface area (Å²) in [7, 11) is 0. The minimum atomic E-state index is -0.512. The summed E-state index contributed by atoms with van der Waals surface area (Å²) in [4.78, 5) is 23.6. The van der Waals surface area contributed by atoms with Crippen LogP contribution in [0.1, 0.15) is 48.1 Å². The van der Waals surface area contributed by atoms with Crippen LogP contribution in [0.15, 0.2) is 42.5 Å². The van der Waals surface area contributed by atoms with Crippen molar-refractivity contribution in [3.05, 3.63) is 65.2 Å². The lowest BCUT2D eigenvalue weighted by Gasteiger charge is -2.43. The van der Waals surface area contributed by atoms with Crippen LogP contribution >= 0.6 is 0 Å². The van der Waals surface area contributed by atoms with E-state index in [1.54, 1.807) is 24.3 Å². The number of hydrogen-bond acceptors (Lipinski definition) is 5. The average Bonchev–Trinajstić information content (AvgIpc) is 2.69.